The van der Waals surface area contributed by atoms with Crippen LogP contribution in [0.2, 0.25) is 0 Å². The molecule has 0 aliphatic rings. The average molecular weight is 220 g/mol. The van der Waals surface area contributed by atoms with Gasteiger partial charge in [-0.3, -0.25) is 0 Å². The number of unbranched alkanes of at least 4 members (excludes halogenated alkanes) is 1. The van der Waals surface area contributed by atoms with Crippen LogP contribution in [0.5, 0.6) is 0 Å². The van der Waals surface area contributed by atoms with Gasteiger partial charge in [-0.15, -0.1) is 0 Å². The summed E-state index contributed by atoms with van der Waals surface area (Å²) in [6.45, 7) is 13.0. The predicted molar refractivity (Wildman–Crippen MR) is 75.2 cm³/mol. The summed E-state index contributed by atoms with van der Waals surface area (Å²) in [4.78, 5) is 0. The van der Waals surface area contributed by atoms with Gasteiger partial charge in [-0.2, -0.15) is 0 Å². The van der Waals surface area contributed by atoms with E-state index in [2.05, 4.69) is 45.9 Å². The summed E-state index contributed by atoms with van der Waals surface area (Å²) in [7, 11) is 0. The van der Waals surface area contributed by atoms with Crippen molar-refractivity contribution in [2.24, 2.45) is 0 Å². The maximum Gasteiger partial charge on any atom is -0.0216 e. The van der Waals surface area contributed by atoms with Crippen molar-refractivity contribution in [2.45, 2.75) is 66.7 Å². The molecule has 0 nitrogen and oxygen atoms in total. The van der Waals surface area contributed by atoms with Crippen LogP contribution >= 0.6 is 0 Å². The molecule has 1 rings (SSSR count). The number of hydrogen-bond acceptors (Lipinski definition) is 0. The van der Waals surface area contributed by atoms with Crippen molar-refractivity contribution in [2.75, 3.05) is 0 Å². The summed E-state index contributed by atoms with van der Waals surface area (Å²) in [5, 5.41) is 0. The Morgan fingerprint density at radius 2 is 1.75 bits per heavy atom. The summed E-state index contributed by atoms with van der Waals surface area (Å²) in [5.74, 6) is 0.648. The fraction of sp³-hybridized carbons (Fsp3) is 0.625. The molecule has 0 aliphatic carbocycles. The monoisotopic (exact) mass is 220 g/mol. The molecular formula is C16H28. The summed E-state index contributed by atoms with van der Waals surface area (Å²) in [6, 6.07) is 6.94. The zero-order valence-corrected chi connectivity index (χ0v) is 11.9. The molecule has 0 radical (unpaired) electrons. The van der Waals surface area contributed by atoms with Crippen LogP contribution in [0, 0.1) is 6.92 Å². The standard InChI is InChI=1S/C14H22.C2H6/c1-5-6-7-13-8-9-14(11(2)3)12(4)10-13;1-2/h8-11H,5-7H2,1-4H3;1-2H3. The molecule has 0 heterocycles. The number of hydrogen-bond donors (Lipinski definition) is 0. The molecule has 0 amide bonds. The highest BCUT2D eigenvalue weighted by atomic mass is 14.1. The van der Waals surface area contributed by atoms with Crippen LogP contribution in [0.3, 0.4) is 0 Å². The lowest BCUT2D eigenvalue weighted by Crippen LogP contribution is -1.94. The van der Waals surface area contributed by atoms with Gasteiger partial charge in [0.25, 0.3) is 0 Å². The third-order valence-corrected chi connectivity index (χ3v) is 2.78. The van der Waals surface area contributed by atoms with E-state index in [0.29, 0.717) is 5.92 Å². The van der Waals surface area contributed by atoms with Crippen molar-refractivity contribution < 1.29 is 0 Å². The molecule has 0 bridgehead atoms. The van der Waals surface area contributed by atoms with E-state index in [9.17, 15) is 0 Å². The minimum absolute atomic E-state index is 0.648. The minimum atomic E-state index is 0.648. The minimum Gasteiger partial charge on any atom is -0.0683 e. The lowest BCUT2D eigenvalue weighted by molar-refractivity contribution is 0.791. The lowest BCUT2D eigenvalue weighted by atomic mass is 9.95. The molecule has 92 valence electrons. The van der Waals surface area contributed by atoms with Crippen molar-refractivity contribution in [3.63, 3.8) is 0 Å². The first-order valence-electron chi connectivity index (χ1n) is 6.74. The molecule has 16 heavy (non-hydrogen) atoms. The Bertz CT molecular complexity index is 284. The first-order valence-corrected chi connectivity index (χ1v) is 6.74. The van der Waals surface area contributed by atoms with Gasteiger partial charge in [0.2, 0.25) is 0 Å². The van der Waals surface area contributed by atoms with Gasteiger partial charge in [0, 0.05) is 0 Å². The molecule has 0 unspecified atom stereocenters. The van der Waals surface area contributed by atoms with Crippen LogP contribution in [0.1, 0.15) is 70.1 Å². The van der Waals surface area contributed by atoms with Crippen molar-refractivity contribution in [1.29, 1.82) is 0 Å². The van der Waals surface area contributed by atoms with Gasteiger partial charge in [-0.25, -0.2) is 0 Å². The smallest absolute Gasteiger partial charge is 0.0216 e. The van der Waals surface area contributed by atoms with E-state index in [1.54, 1.807) is 0 Å². The van der Waals surface area contributed by atoms with Crippen LogP contribution in [0.4, 0.5) is 0 Å². The number of benzene rings is 1. The van der Waals surface area contributed by atoms with E-state index in [4.69, 9.17) is 0 Å². The maximum absolute atomic E-state index is 2.35. The largest absolute Gasteiger partial charge is 0.0683 e. The Kier molecular flexibility index (Phi) is 7.97. The van der Waals surface area contributed by atoms with Crippen molar-refractivity contribution >= 4 is 0 Å². The Hall–Kier alpha value is -0.780. The molecule has 0 saturated heterocycles. The lowest BCUT2D eigenvalue weighted by Gasteiger charge is -2.11. The quantitative estimate of drug-likeness (QED) is 0.629. The maximum atomic E-state index is 2.35. The number of aryl methyl sites for hydroxylation is 2. The van der Waals surface area contributed by atoms with Gasteiger partial charge in [0.05, 0.1) is 0 Å². The third kappa shape index (κ3) is 4.83. The second-order valence-electron chi connectivity index (χ2n) is 4.45. The van der Waals surface area contributed by atoms with E-state index in [1.807, 2.05) is 13.8 Å². The van der Waals surface area contributed by atoms with Crippen molar-refractivity contribution in [1.82, 2.24) is 0 Å². The SMILES string of the molecule is CC.CCCCc1ccc(C(C)C)c(C)c1. The summed E-state index contributed by atoms with van der Waals surface area (Å²) >= 11 is 0. The predicted octanol–water partition coefficient (Wildman–Crippen LogP) is 5.49. The molecule has 0 atom stereocenters. The van der Waals surface area contributed by atoms with E-state index < -0.39 is 0 Å². The molecule has 0 N–H and O–H groups in total. The Morgan fingerprint density at radius 3 is 2.19 bits per heavy atom. The molecular weight excluding hydrogens is 192 g/mol. The highest BCUT2D eigenvalue weighted by molar-refractivity contribution is 5.33. The first kappa shape index (κ1) is 15.2. The van der Waals surface area contributed by atoms with Crippen LogP contribution in [-0.4, -0.2) is 0 Å². The average Bonchev–Trinajstić information content (AvgIpc) is 2.28. The summed E-state index contributed by atoms with van der Waals surface area (Å²) < 4.78 is 0. The van der Waals surface area contributed by atoms with Crippen LogP contribution < -0.4 is 0 Å². The second kappa shape index (κ2) is 8.38. The van der Waals surface area contributed by atoms with Gasteiger partial charge >= 0.3 is 0 Å². The van der Waals surface area contributed by atoms with Crippen LogP contribution in [0.15, 0.2) is 18.2 Å². The Labute approximate surface area is 102 Å². The third-order valence-electron chi connectivity index (χ3n) is 2.78. The van der Waals surface area contributed by atoms with Crippen molar-refractivity contribution in [3.05, 3.63) is 34.9 Å². The first-order chi connectivity index (χ1) is 7.65. The molecule has 0 aromatic heterocycles. The molecule has 0 spiro atoms. The molecule has 0 saturated carbocycles. The van der Waals surface area contributed by atoms with E-state index in [-0.39, 0.29) is 0 Å². The Balaban J connectivity index is 0.00000106. The topological polar surface area (TPSA) is 0 Å². The summed E-state index contributed by atoms with van der Waals surface area (Å²) in [5.41, 5.74) is 4.44. The van der Waals surface area contributed by atoms with E-state index >= 15 is 0 Å². The molecule has 0 aliphatic heterocycles. The van der Waals surface area contributed by atoms with Crippen LogP contribution in [-0.2, 0) is 6.42 Å². The van der Waals surface area contributed by atoms with Crippen LogP contribution in [0.25, 0.3) is 0 Å². The highest BCUT2D eigenvalue weighted by Crippen LogP contribution is 2.20. The second-order valence-corrected chi connectivity index (χ2v) is 4.45. The summed E-state index contributed by atoms with van der Waals surface area (Å²) in [6.07, 6.45) is 3.82. The van der Waals surface area contributed by atoms with E-state index in [1.165, 1.54) is 36.0 Å². The van der Waals surface area contributed by atoms with Crippen molar-refractivity contribution in [3.8, 4) is 0 Å². The molecule has 0 fully saturated rings. The zero-order chi connectivity index (χ0) is 12.6. The number of rotatable bonds is 4. The van der Waals surface area contributed by atoms with Gasteiger partial charge in [0.1, 0.15) is 0 Å². The molecule has 0 heteroatoms. The highest BCUT2D eigenvalue weighted by Gasteiger charge is 2.03. The molecule has 1 aromatic rings. The fourth-order valence-corrected chi connectivity index (χ4v) is 1.92. The van der Waals surface area contributed by atoms with Gasteiger partial charge < -0.3 is 0 Å². The molecule has 1 aromatic carbocycles. The van der Waals surface area contributed by atoms with Gasteiger partial charge in [0.15, 0.2) is 0 Å². The normalized spacial score (nSPS) is 9.94. The zero-order valence-electron chi connectivity index (χ0n) is 11.9. The fourth-order valence-electron chi connectivity index (χ4n) is 1.92. The van der Waals surface area contributed by atoms with E-state index in [0.717, 1.165) is 0 Å². The van der Waals surface area contributed by atoms with Gasteiger partial charge in [-0.05, 0) is 42.4 Å². The Morgan fingerprint density at radius 1 is 1.12 bits per heavy atom. The van der Waals surface area contributed by atoms with Gasteiger partial charge in [-0.1, -0.05) is 59.2 Å².